The second kappa shape index (κ2) is 5.45. The van der Waals surface area contributed by atoms with Crippen LogP contribution in [-0.2, 0) is 9.59 Å². The van der Waals surface area contributed by atoms with E-state index >= 15 is 0 Å². The zero-order valence-corrected chi connectivity index (χ0v) is 13.0. The van der Waals surface area contributed by atoms with Crippen molar-refractivity contribution >= 4 is 23.4 Å². The third-order valence-corrected chi connectivity index (χ3v) is 5.66. The van der Waals surface area contributed by atoms with Gasteiger partial charge < -0.3 is 0 Å². The smallest absolute Gasteiger partial charge is 0.234 e. The predicted molar refractivity (Wildman–Crippen MR) is 82.0 cm³/mol. The van der Waals surface area contributed by atoms with Crippen LogP contribution in [0.25, 0.3) is 0 Å². The molecule has 3 rings (SSSR count). The van der Waals surface area contributed by atoms with Gasteiger partial charge in [0, 0.05) is 11.4 Å². The van der Waals surface area contributed by atoms with Crippen LogP contribution >= 0.6 is 11.6 Å². The maximum absolute atomic E-state index is 12.6. The molecule has 1 heterocycles. The SMILES string of the molecule is CC1CCCCC12CC(=O)NC(=O)C2c1ccccc1Cl. The lowest BCUT2D eigenvalue weighted by Crippen LogP contribution is -2.54. The molecule has 1 saturated carbocycles. The quantitative estimate of drug-likeness (QED) is 0.805. The number of amides is 2. The van der Waals surface area contributed by atoms with Gasteiger partial charge in [-0.3, -0.25) is 14.9 Å². The van der Waals surface area contributed by atoms with Crippen molar-refractivity contribution in [2.75, 3.05) is 0 Å². The van der Waals surface area contributed by atoms with Crippen LogP contribution in [0.4, 0.5) is 0 Å². The van der Waals surface area contributed by atoms with Crippen molar-refractivity contribution in [3.8, 4) is 0 Å². The molecule has 1 aromatic carbocycles. The summed E-state index contributed by atoms with van der Waals surface area (Å²) in [7, 11) is 0. The van der Waals surface area contributed by atoms with Gasteiger partial charge in [-0.15, -0.1) is 0 Å². The van der Waals surface area contributed by atoms with E-state index in [0.29, 0.717) is 17.4 Å². The van der Waals surface area contributed by atoms with Gasteiger partial charge in [0.05, 0.1) is 5.92 Å². The molecule has 1 N–H and O–H groups in total. The summed E-state index contributed by atoms with van der Waals surface area (Å²) in [6.45, 7) is 2.18. The van der Waals surface area contributed by atoms with Crippen LogP contribution in [0.15, 0.2) is 24.3 Å². The number of carbonyl (C=O) groups excluding carboxylic acids is 2. The number of benzene rings is 1. The van der Waals surface area contributed by atoms with E-state index in [0.717, 1.165) is 24.8 Å². The average molecular weight is 306 g/mol. The van der Waals surface area contributed by atoms with E-state index < -0.39 is 0 Å². The van der Waals surface area contributed by atoms with Crippen LogP contribution in [0.5, 0.6) is 0 Å². The van der Waals surface area contributed by atoms with E-state index in [1.54, 1.807) is 0 Å². The van der Waals surface area contributed by atoms with E-state index in [1.165, 1.54) is 6.42 Å². The molecule has 0 bridgehead atoms. The third-order valence-electron chi connectivity index (χ3n) is 5.32. The summed E-state index contributed by atoms with van der Waals surface area (Å²) in [5.74, 6) is -0.299. The Morgan fingerprint density at radius 3 is 2.71 bits per heavy atom. The molecule has 2 fully saturated rings. The fourth-order valence-electron chi connectivity index (χ4n) is 4.21. The molecule has 21 heavy (non-hydrogen) atoms. The van der Waals surface area contributed by atoms with Crippen LogP contribution in [0.3, 0.4) is 0 Å². The van der Waals surface area contributed by atoms with Crippen LogP contribution < -0.4 is 5.32 Å². The monoisotopic (exact) mass is 305 g/mol. The van der Waals surface area contributed by atoms with Crippen LogP contribution in [0.1, 0.15) is 50.5 Å². The molecule has 112 valence electrons. The number of halogens is 1. The molecule has 1 aliphatic carbocycles. The molecule has 0 aromatic heterocycles. The van der Waals surface area contributed by atoms with E-state index in [1.807, 2.05) is 24.3 Å². The first-order chi connectivity index (χ1) is 10.0. The van der Waals surface area contributed by atoms with E-state index in [9.17, 15) is 9.59 Å². The summed E-state index contributed by atoms with van der Waals surface area (Å²) in [6, 6.07) is 7.52. The summed E-state index contributed by atoms with van der Waals surface area (Å²) in [6.07, 6.45) is 4.67. The lowest BCUT2D eigenvalue weighted by atomic mass is 9.55. The molecule has 0 radical (unpaired) electrons. The van der Waals surface area contributed by atoms with Crippen molar-refractivity contribution in [1.29, 1.82) is 0 Å². The summed E-state index contributed by atoms with van der Waals surface area (Å²) in [5, 5.41) is 3.13. The highest BCUT2D eigenvalue weighted by Crippen LogP contribution is 2.55. The highest BCUT2D eigenvalue weighted by Gasteiger charge is 2.53. The largest absolute Gasteiger partial charge is 0.296 e. The molecule has 1 aliphatic heterocycles. The lowest BCUT2D eigenvalue weighted by molar-refractivity contribution is -0.143. The second-order valence-corrected chi connectivity index (χ2v) is 6.83. The van der Waals surface area contributed by atoms with Crippen molar-refractivity contribution in [3.05, 3.63) is 34.9 Å². The van der Waals surface area contributed by atoms with Gasteiger partial charge in [-0.25, -0.2) is 0 Å². The van der Waals surface area contributed by atoms with Crippen LogP contribution in [0, 0.1) is 11.3 Å². The fourth-order valence-corrected chi connectivity index (χ4v) is 4.45. The Kier molecular flexibility index (Phi) is 3.78. The molecule has 1 aromatic rings. The number of piperidine rings is 1. The van der Waals surface area contributed by atoms with E-state index in [-0.39, 0.29) is 23.1 Å². The minimum absolute atomic E-state index is 0.142. The number of nitrogens with one attached hydrogen (secondary N) is 1. The molecule has 2 aliphatic rings. The Labute approximate surface area is 130 Å². The molecule has 1 spiro atoms. The van der Waals surface area contributed by atoms with Crippen molar-refractivity contribution in [3.63, 3.8) is 0 Å². The van der Waals surface area contributed by atoms with Gasteiger partial charge in [0.25, 0.3) is 0 Å². The molecule has 3 atom stereocenters. The first-order valence-corrected chi connectivity index (χ1v) is 8.00. The van der Waals surface area contributed by atoms with E-state index in [2.05, 4.69) is 12.2 Å². The van der Waals surface area contributed by atoms with E-state index in [4.69, 9.17) is 11.6 Å². The highest BCUT2D eigenvalue weighted by molar-refractivity contribution is 6.31. The lowest BCUT2D eigenvalue weighted by Gasteiger charge is -2.49. The average Bonchev–Trinajstić information content (AvgIpc) is 2.43. The van der Waals surface area contributed by atoms with Gasteiger partial charge in [0.15, 0.2) is 0 Å². The summed E-state index contributed by atoms with van der Waals surface area (Å²) >= 11 is 6.34. The normalized spacial score (nSPS) is 33.0. The number of carbonyl (C=O) groups is 2. The zero-order chi connectivity index (χ0) is 15.0. The minimum Gasteiger partial charge on any atom is -0.296 e. The number of hydrogen-bond donors (Lipinski definition) is 1. The molecule has 3 nitrogen and oxygen atoms in total. The third kappa shape index (κ3) is 2.38. The van der Waals surface area contributed by atoms with Gasteiger partial charge in [-0.2, -0.15) is 0 Å². The Hall–Kier alpha value is -1.35. The van der Waals surface area contributed by atoms with Gasteiger partial charge in [-0.05, 0) is 29.4 Å². The second-order valence-electron chi connectivity index (χ2n) is 6.42. The highest BCUT2D eigenvalue weighted by atomic mass is 35.5. The predicted octanol–water partition coefficient (Wildman–Crippen LogP) is 3.67. The van der Waals surface area contributed by atoms with Gasteiger partial charge in [0.1, 0.15) is 0 Å². The van der Waals surface area contributed by atoms with Crippen LogP contribution in [0.2, 0.25) is 5.02 Å². The summed E-state index contributed by atoms with van der Waals surface area (Å²) in [4.78, 5) is 24.6. The zero-order valence-electron chi connectivity index (χ0n) is 12.2. The molecule has 2 amide bonds. The molecule has 3 unspecified atom stereocenters. The molecular weight excluding hydrogens is 286 g/mol. The molecule has 1 saturated heterocycles. The standard InChI is InChI=1S/C17H20ClNO2/c1-11-6-4-5-9-17(11)10-14(20)19-16(21)15(17)12-7-2-3-8-13(12)18/h2-3,7-8,11,15H,4-6,9-10H2,1H3,(H,19,20,21). The summed E-state index contributed by atoms with van der Waals surface area (Å²) < 4.78 is 0. The van der Waals surface area contributed by atoms with Crippen molar-refractivity contribution in [1.82, 2.24) is 5.32 Å². The first-order valence-electron chi connectivity index (χ1n) is 7.63. The fraction of sp³-hybridized carbons (Fsp3) is 0.529. The van der Waals surface area contributed by atoms with Crippen molar-refractivity contribution < 1.29 is 9.59 Å². The Morgan fingerprint density at radius 2 is 2.00 bits per heavy atom. The van der Waals surface area contributed by atoms with Gasteiger partial charge in [0.2, 0.25) is 11.8 Å². The molecular formula is C17H20ClNO2. The summed E-state index contributed by atoms with van der Waals surface area (Å²) in [5.41, 5.74) is 0.584. The van der Waals surface area contributed by atoms with Crippen molar-refractivity contribution in [2.45, 2.75) is 44.9 Å². The Morgan fingerprint density at radius 1 is 1.24 bits per heavy atom. The Bertz CT molecular complexity index is 586. The minimum atomic E-state index is -0.320. The van der Waals surface area contributed by atoms with Gasteiger partial charge in [-0.1, -0.05) is 56.0 Å². The van der Waals surface area contributed by atoms with Crippen molar-refractivity contribution in [2.24, 2.45) is 11.3 Å². The van der Waals surface area contributed by atoms with Gasteiger partial charge >= 0.3 is 0 Å². The number of imide groups is 1. The Balaban J connectivity index is 2.11. The van der Waals surface area contributed by atoms with Crippen LogP contribution in [-0.4, -0.2) is 11.8 Å². The number of hydrogen-bond acceptors (Lipinski definition) is 2. The maximum Gasteiger partial charge on any atom is 0.234 e. The topological polar surface area (TPSA) is 46.2 Å². The number of rotatable bonds is 1. The molecule has 4 heteroatoms. The first kappa shape index (κ1) is 14.6. The maximum atomic E-state index is 12.6.